The lowest BCUT2D eigenvalue weighted by molar-refractivity contribution is -0.123. The Morgan fingerprint density at radius 2 is 2.31 bits per heavy atom. The number of hydrogen-bond donors (Lipinski definition) is 1. The van der Waals surface area contributed by atoms with Crippen LogP contribution in [0.2, 0.25) is 0 Å². The number of ether oxygens (including phenoxy) is 1. The number of rotatable bonds is 3. The van der Waals surface area contributed by atoms with Crippen molar-refractivity contribution in [1.82, 2.24) is 5.32 Å². The van der Waals surface area contributed by atoms with Crippen LogP contribution in [0.1, 0.15) is 17.9 Å². The third-order valence-corrected chi connectivity index (χ3v) is 3.21. The van der Waals surface area contributed by atoms with Crippen LogP contribution in [-0.4, -0.2) is 23.5 Å². The molecule has 4 heteroatoms. The predicted molar refractivity (Wildman–Crippen MR) is 71.2 cm³/mol. The molecular weight excluding hydrogens is 317 g/mol. The molecule has 0 aliphatic carbocycles. The van der Waals surface area contributed by atoms with Crippen LogP contribution in [0, 0.1) is 0 Å². The second-order valence-corrected chi connectivity index (χ2v) is 4.79. The molecular formula is C12H14INO2. The minimum atomic E-state index is -0.0482. The molecule has 0 fully saturated rings. The highest BCUT2D eigenvalue weighted by atomic mass is 127. The number of nitrogens with one attached hydrogen (secondary N) is 1. The maximum absolute atomic E-state index is 11.9. The molecule has 1 atom stereocenters. The Morgan fingerprint density at radius 3 is 3.12 bits per heavy atom. The largest absolute Gasteiger partial charge is 0.493 e. The maximum atomic E-state index is 11.9. The summed E-state index contributed by atoms with van der Waals surface area (Å²) >= 11 is 2.25. The van der Waals surface area contributed by atoms with E-state index >= 15 is 0 Å². The SMILES string of the molecule is O=C(NCCI)C1CCOc2ccccc21. The lowest BCUT2D eigenvalue weighted by Crippen LogP contribution is -2.33. The van der Waals surface area contributed by atoms with Gasteiger partial charge < -0.3 is 10.1 Å². The number of benzene rings is 1. The van der Waals surface area contributed by atoms with E-state index in [-0.39, 0.29) is 11.8 Å². The van der Waals surface area contributed by atoms with Crippen molar-refractivity contribution in [1.29, 1.82) is 0 Å². The number of amides is 1. The summed E-state index contributed by atoms with van der Waals surface area (Å²) in [6.45, 7) is 1.36. The predicted octanol–water partition coefficient (Wildman–Crippen LogP) is 2.10. The molecule has 1 aromatic carbocycles. The zero-order valence-electron chi connectivity index (χ0n) is 8.91. The average Bonchev–Trinajstić information content (AvgIpc) is 2.35. The topological polar surface area (TPSA) is 38.3 Å². The summed E-state index contributed by atoms with van der Waals surface area (Å²) in [6.07, 6.45) is 0.768. The average molecular weight is 331 g/mol. The Morgan fingerprint density at radius 1 is 1.50 bits per heavy atom. The van der Waals surface area contributed by atoms with E-state index in [0.717, 1.165) is 28.7 Å². The zero-order chi connectivity index (χ0) is 11.4. The Hall–Kier alpha value is -0.780. The molecule has 1 aromatic rings. The van der Waals surface area contributed by atoms with Gasteiger partial charge in [-0.25, -0.2) is 0 Å². The van der Waals surface area contributed by atoms with Crippen molar-refractivity contribution in [3.8, 4) is 5.75 Å². The lowest BCUT2D eigenvalue weighted by Gasteiger charge is -2.24. The first-order valence-electron chi connectivity index (χ1n) is 5.38. The monoisotopic (exact) mass is 331 g/mol. The van der Waals surface area contributed by atoms with Gasteiger partial charge in [0.25, 0.3) is 0 Å². The van der Waals surface area contributed by atoms with Gasteiger partial charge in [-0.1, -0.05) is 40.8 Å². The van der Waals surface area contributed by atoms with E-state index in [0.29, 0.717) is 6.61 Å². The highest BCUT2D eigenvalue weighted by Crippen LogP contribution is 2.33. The number of hydrogen-bond acceptors (Lipinski definition) is 2. The Kier molecular flexibility index (Phi) is 4.04. The Bertz CT molecular complexity index is 381. The van der Waals surface area contributed by atoms with E-state index in [1.165, 1.54) is 0 Å². The molecule has 16 heavy (non-hydrogen) atoms. The van der Waals surface area contributed by atoms with Gasteiger partial charge in [0.2, 0.25) is 5.91 Å². The van der Waals surface area contributed by atoms with Crippen molar-refractivity contribution < 1.29 is 9.53 Å². The van der Waals surface area contributed by atoms with E-state index in [1.807, 2.05) is 24.3 Å². The minimum Gasteiger partial charge on any atom is -0.493 e. The van der Waals surface area contributed by atoms with Crippen LogP contribution in [0.4, 0.5) is 0 Å². The Labute approximate surface area is 109 Å². The molecule has 1 amide bonds. The first kappa shape index (κ1) is 11.7. The molecule has 86 valence electrons. The van der Waals surface area contributed by atoms with Crippen LogP contribution in [0.5, 0.6) is 5.75 Å². The minimum absolute atomic E-state index is 0.0482. The third kappa shape index (κ3) is 2.48. The molecule has 0 bridgehead atoms. The van der Waals surface area contributed by atoms with Crippen molar-refractivity contribution in [2.24, 2.45) is 0 Å². The van der Waals surface area contributed by atoms with Gasteiger partial charge in [-0.15, -0.1) is 0 Å². The van der Waals surface area contributed by atoms with Gasteiger partial charge in [0.15, 0.2) is 0 Å². The van der Waals surface area contributed by atoms with Gasteiger partial charge in [0, 0.05) is 16.5 Å². The van der Waals surface area contributed by atoms with Gasteiger partial charge in [0.05, 0.1) is 12.5 Å². The van der Waals surface area contributed by atoms with Crippen molar-refractivity contribution in [3.63, 3.8) is 0 Å². The third-order valence-electron chi connectivity index (χ3n) is 2.67. The maximum Gasteiger partial charge on any atom is 0.227 e. The first-order chi connectivity index (χ1) is 7.83. The fourth-order valence-corrected chi connectivity index (χ4v) is 2.18. The van der Waals surface area contributed by atoms with Gasteiger partial charge in [-0.3, -0.25) is 4.79 Å². The van der Waals surface area contributed by atoms with Crippen LogP contribution >= 0.6 is 22.6 Å². The molecule has 1 unspecified atom stereocenters. The summed E-state index contributed by atoms with van der Waals surface area (Å²) < 4.78 is 6.47. The normalized spacial score (nSPS) is 18.4. The van der Waals surface area contributed by atoms with Crippen LogP contribution < -0.4 is 10.1 Å². The molecule has 0 saturated carbocycles. The van der Waals surface area contributed by atoms with Gasteiger partial charge in [-0.05, 0) is 12.5 Å². The molecule has 0 spiro atoms. The highest BCUT2D eigenvalue weighted by molar-refractivity contribution is 14.1. The van der Waals surface area contributed by atoms with Crippen molar-refractivity contribution in [3.05, 3.63) is 29.8 Å². The first-order valence-corrected chi connectivity index (χ1v) is 6.91. The zero-order valence-corrected chi connectivity index (χ0v) is 11.1. The second-order valence-electron chi connectivity index (χ2n) is 3.71. The number of fused-ring (bicyclic) bond motifs is 1. The summed E-state index contributed by atoms with van der Waals surface area (Å²) in [5, 5.41) is 2.94. The summed E-state index contributed by atoms with van der Waals surface area (Å²) in [5.74, 6) is 0.920. The van der Waals surface area contributed by atoms with Crippen LogP contribution in [0.15, 0.2) is 24.3 Å². The Balaban J connectivity index is 2.15. The number of halogens is 1. The van der Waals surface area contributed by atoms with Gasteiger partial charge >= 0.3 is 0 Å². The molecule has 2 rings (SSSR count). The molecule has 1 N–H and O–H groups in total. The van der Waals surface area contributed by atoms with Crippen LogP contribution in [0.3, 0.4) is 0 Å². The van der Waals surface area contributed by atoms with Gasteiger partial charge in [-0.2, -0.15) is 0 Å². The highest BCUT2D eigenvalue weighted by Gasteiger charge is 2.26. The molecule has 1 aliphatic heterocycles. The van der Waals surface area contributed by atoms with E-state index in [1.54, 1.807) is 0 Å². The fraction of sp³-hybridized carbons (Fsp3) is 0.417. The molecule has 3 nitrogen and oxygen atoms in total. The molecule has 0 aromatic heterocycles. The number of para-hydroxylation sites is 1. The lowest BCUT2D eigenvalue weighted by atomic mass is 9.92. The molecule has 0 saturated heterocycles. The van der Waals surface area contributed by atoms with Crippen molar-refractivity contribution in [2.75, 3.05) is 17.6 Å². The summed E-state index contributed by atoms with van der Waals surface area (Å²) in [7, 11) is 0. The quantitative estimate of drug-likeness (QED) is 0.681. The van der Waals surface area contributed by atoms with Crippen LogP contribution in [0.25, 0.3) is 0 Å². The fourth-order valence-electron chi connectivity index (χ4n) is 1.91. The smallest absolute Gasteiger partial charge is 0.227 e. The van der Waals surface area contributed by atoms with Crippen molar-refractivity contribution in [2.45, 2.75) is 12.3 Å². The molecule has 0 radical (unpaired) electrons. The number of carbonyl (C=O) groups excluding carboxylic acids is 1. The number of carbonyl (C=O) groups is 1. The molecule has 1 aliphatic rings. The van der Waals surface area contributed by atoms with Crippen LogP contribution in [-0.2, 0) is 4.79 Å². The summed E-state index contributed by atoms with van der Waals surface area (Å²) in [5.41, 5.74) is 1.01. The summed E-state index contributed by atoms with van der Waals surface area (Å²) in [4.78, 5) is 11.9. The van der Waals surface area contributed by atoms with E-state index in [9.17, 15) is 4.79 Å². The summed E-state index contributed by atoms with van der Waals surface area (Å²) in [6, 6.07) is 7.78. The number of alkyl halides is 1. The molecule has 1 heterocycles. The standard InChI is InChI=1S/C12H14INO2/c13-6-7-14-12(15)10-5-8-16-11-4-2-1-3-9(10)11/h1-4,10H,5-8H2,(H,14,15). The van der Waals surface area contributed by atoms with E-state index in [2.05, 4.69) is 27.9 Å². The second kappa shape index (κ2) is 5.52. The van der Waals surface area contributed by atoms with E-state index in [4.69, 9.17) is 4.74 Å². The van der Waals surface area contributed by atoms with E-state index < -0.39 is 0 Å². The van der Waals surface area contributed by atoms with Gasteiger partial charge in [0.1, 0.15) is 5.75 Å². The van der Waals surface area contributed by atoms with Crippen molar-refractivity contribution >= 4 is 28.5 Å².